The number of benzene rings is 1. The Balaban J connectivity index is 0.00000392. The summed E-state index contributed by atoms with van der Waals surface area (Å²) >= 11 is 0. The van der Waals surface area contributed by atoms with Gasteiger partial charge in [0.15, 0.2) is 5.96 Å². The zero-order chi connectivity index (χ0) is 19.5. The Labute approximate surface area is 186 Å². The highest BCUT2D eigenvalue weighted by molar-refractivity contribution is 14.0. The number of amides is 1. The molecular weight excluding hydrogens is 467 g/mol. The minimum Gasteiger partial charge on any atom is -0.384 e. The van der Waals surface area contributed by atoms with E-state index in [0.29, 0.717) is 31.5 Å². The topological polar surface area (TPSA) is 85.8 Å². The van der Waals surface area contributed by atoms with Crippen LogP contribution in [0.1, 0.15) is 57.9 Å². The first-order chi connectivity index (χ1) is 13.0. The van der Waals surface area contributed by atoms with E-state index in [1.807, 2.05) is 37.3 Å². The van der Waals surface area contributed by atoms with Crippen LogP contribution in [0.5, 0.6) is 0 Å². The first-order valence-corrected chi connectivity index (χ1v) is 10.1. The highest BCUT2D eigenvalue weighted by Gasteiger charge is 2.22. The third kappa shape index (κ3) is 8.77. The van der Waals surface area contributed by atoms with Crippen molar-refractivity contribution in [1.82, 2.24) is 16.0 Å². The van der Waals surface area contributed by atoms with Crippen LogP contribution >= 0.6 is 24.0 Å². The maximum Gasteiger partial charge on any atom is 0.221 e. The summed E-state index contributed by atoms with van der Waals surface area (Å²) in [6.45, 7) is 5.21. The van der Waals surface area contributed by atoms with Crippen molar-refractivity contribution in [3.8, 4) is 0 Å². The van der Waals surface area contributed by atoms with Gasteiger partial charge in [0, 0.05) is 25.6 Å². The molecule has 0 spiro atoms. The Bertz CT molecular complexity index is 602. The van der Waals surface area contributed by atoms with Crippen molar-refractivity contribution in [2.75, 3.05) is 19.6 Å². The largest absolute Gasteiger partial charge is 0.384 e. The van der Waals surface area contributed by atoms with Crippen molar-refractivity contribution >= 4 is 35.8 Å². The van der Waals surface area contributed by atoms with Crippen LogP contribution in [0.4, 0.5) is 0 Å². The van der Waals surface area contributed by atoms with Crippen LogP contribution in [0.25, 0.3) is 0 Å². The number of aliphatic hydroxyl groups is 1. The lowest BCUT2D eigenvalue weighted by atomic mass is 9.95. The second-order valence-corrected chi connectivity index (χ2v) is 7.41. The molecule has 0 aliphatic heterocycles. The number of guanidine groups is 1. The Hall–Kier alpha value is -1.35. The van der Waals surface area contributed by atoms with Gasteiger partial charge in [-0.1, -0.05) is 49.6 Å². The van der Waals surface area contributed by atoms with E-state index in [0.717, 1.165) is 18.4 Å². The SMILES string of the molecule is CCNC(=NCC(C)(O)c1ccccc1)NCCC(=O)NC1CCCCC1.I. The van der Waals surface area contributed by atoms with E-state index in [-0.39, 0.29) is 36.4 Å². The van der Waals surface area contributed by atoms with Crippen molar-refractivity contribution in [2.24, 2.45) is 4.99 Å². The van der Waals surface area contributed by atoms with E-state index < -0.39 is 5.60 Å². The maximum absolute atomic E-state index is 12.1. The molecule has 1 aromatic carbocycles. The Kier molecular flexibility index (Phi) is 11.4. The molecule has 158 valence electrons. The highest BCUT2D eigenvalue weighted by Crippen LogP contribution is 2.20. The number of hydrogen-bond acceptors (Lipinski definition) is 3. The maximum atomic E-state index is 12.1. The fourth-order valence-electron chi connectivity index (χ4n) is 3.30. The molecule has 1 aromatic rings. The van der Waals surface area contributed by atoms with Crippen LogP contribution in [0.15, 0.2) is 35.3 Å². The minimum atomic E-state index is -1.04. The van der Waals surface area contributed by atoms with Gasteiger partial charge in [0.1, 0.15) is 5.60 Å². The second kappa shape index (κ2) is 13.0. The first kappa shape index (κ1) is 24.7. The average Bonchev–Trinajstić information content (AvgIpc) is 2.67. The van der Waals surface area contributed by atoms with Gasteiger partial charge in [0.05, 0.1) is 6.54 Å². The smallest absolute Gasteiger partial charge is 0.221 e. The number of halogens is 1. The molecule has 4 N–H and O–H groups in total. The molecule has 0 saturated heterocycles. The number of nitrogens with one attached hydrogen (secondary N) is 3. The van der Waals surface area contributed by atoms with Gasteiger partial charge in [0.25, 0.3) is 0 Å². The van der Waals surface area contributed by atoms with Gasteiger partial charge in [-0.05, 0) is 32.3 Å². The fourth-order valence-corrected chi connectivity index (χ4v) is 3.30. The summed E-state index contributed by atoms with van der Waals surface area (Å²) in [6.07, 6.45) is 6.30. The molecule has 0 bridgehead atoms. The van der Waals surface area contributed by atoms with E-state index in [2.05, 4.69) is 20.9 Å². The number of carbonyl (C=O) groups excluding carboxylic acids is 1. The average molecular weight is 502 g/mol. The third-order valence-corrected chi connectivity index (χ3v) is 4.90. The number of rotatable bonds is 8. The van der Waals surface area contributed by atoms with E-state index in [1.165, 1.54) is 19.3 Å². The predicted molar refractivity (Wildman–Crippen MR) is 125 cm³/mol. The predicted octanol–water partition coefficient (Wildman–Crippen LogP) is 2.91. The van der Waals surface area contributed by atoms with Crippen molar-refractivity contribution in [3.63, 3.8) is 0 Å². The Morgan fingerprint density at radius 1 is 1.18 bits per heavy atom. The molecule has 28 heavy (non-hydrogen) atoms. The van der Waals surface area contributed by atoms with Gasteiger partial charge in [-0.3, -0.25) is 4.79 Å². The lowest BCUT2D eigenvalue weighted by molar-refractivity contribution is -0.121. The summed E-state index contributed by atoms with van der Waals surface area (Å²) in [6, 6.07) is 9.86. The normalized spacial score (nSPS) is 17.2. The van der Waals surface area contributed by atoms with E-state index in [4.69, 9.17) is 0 Å². The zero-order valence-electron chi connectivity index (χ0n) is 17.0. The Morgan fingerprint density at radius 3 is 2.50 bits per heavy atom. The molecule has 1 aliphatic rings. The van der Waals surface area contributed by atoms with Gasteiger partial charge >= 0.3 is 0 Å². The zero-order valence-corrected chi connectivity index (χ0v) is 19.4. The summed E-state index contributed by atoms with van der Waals surface area (Å²) in [5.41, 5.74) is -0.210. The van der Waals surface area contributed by atoms with Crippen molar-refractivity contribution in [2.45, 2.75) is 64.0 Å². The summed E-state index contributed by atoms with van der Waals surface area (Å²) < 4.78 is 0. The molecule has 1 saturated carbocycles. The van der Waals surface area contributed by atoms with Gasteiger partial charge in [-0.2, -0.15) is 0 Å². The van der Waals surface area contributed by atoms with Crippen molar-refractivity contribution < 1.29 is 9.90 Å². The van der Waals surface area contributed by atoms with Crippen LogP contribution in [0.3, 0.4) is 0 Å². The van der Waals surface area contributed by atoms with Crippen LogP contribution in [0, 0.1) is 0 Å². The molecule has 1 atom stereocenters. The van der Waals surface area contributed by atoms with E-state index in [1.54, 1.807) is 6.92 Å². The lowest BCUT2D eigenvalue weighted by Gasteiger charge is -2.23. The molecule has 0 radical (unpaired) electrons. The van der Waals surface area contributed by atoms with Crippen LogP contribution in [-0.4, -0.2) is 42.6 Å². The number of hydrogen-bond donors (Lipinski definition) is 4. The summed E-state index contributed by atoms with van der Waals surface area (Å²) in [5, 5.41) is 20.1. The fraction of sp³-hybridized carbons (Fsp3) is 0.619. The molecular formula is C21H35IN4O2. The summed E-state index contributed by atoms with van der Waals surface area (Å²) in [4.78, 5) is 16.6. The van der Waals surface area contributed by atoms with Crippen LogP contribution < -0.4 is 16.0 Å². The molecule has 7 heteroatoms. The number of carbonyl (C=O) groups is 1. The van der Waals surface area contributed by atoms with E-state index >= 15 is 0 Å². The molecule has 6 nitrogen and oxygen atoms in total. The van der Waals surface area contributed by atoms with Crippen molar-refractivity contribution in [3.05, 3.63) is 35.9 Å². The monoisotopic (exact) mass is 502 g/mol. The molecule has 0 aromatic heterocycles. The highest BCUT2D eigenvalue weighted by atomic mass is 127. The number of aliphatic imine (C=N–C) groups is 1. The Morgan fingerprint density at radius 2 is 1.86 bits per heavy atom. The third-order valence-electron chi connectivity index (χ3n) is 4.90. The van der Waals surface area contributed by atoms with Gasteiger partial charge in [-0.25, -0.2) is 4.99 Å². The van der Waals surface area contributed by atoms with Crippen LogP contribution in [-0.2, 0) is 10.4 Å². The molecule has 2 rings (SSSR count). The van der Waals surface area contributed by atoms with Gasteiger partial charge in [-0.15, -0.1) is 24.0 Å². The van der Waals surface area contributed by atoms with Crippen LogP contribution in [0.2, 0.25) is 0 Å². The number of nitrogens with zero attached hydrogens (tertiary/aromatic N) is 1. The van der Waals surface area contributed by atoms with Gasteiger partial charge < -0.3 is 21.1 Å². The van der Waals surface area contributed by atoms with E-state index in [9.17, 15) is 9.90 Å². The molecule has 0 heterocycles. The quantitative estimate of drug-likeness (QED) is 0.250. The first-order valence-electron chi connectivity index (χ1n) is 10.1. The standard InChI is InChI=1S/C21H34N4O2.HI/c1-3-22-20(24-16-21(2,27)17-10-6-4-7-11-17)23-15-14-19(26)25-18-12-8-5-9-13-18;/h4,6-7,10-11,18,27H,3,5,8-9,12-16H2,1-2H3,(H,25,26)(H2,22,23,24);1H. The minimum absolute atomic E-state index is 0. The molecule has 1 fully saturated rings. The summed E-state index contributed by atoms with van der Waals surface area (Å²) in [5.74, 6) is 0.695. The molecule has 1 aliphatic carbocycles. The summed E-state index contributed by atoms with van der Waals surface area (Å²) in [7, 11) is 0. The van der Waals surface area contributed by atoms with Gasteiger partial charge in [0.2, 0.25) is 5.91 Å². The lowest BCUT2D eigenvalue weighted by Crippen LogP contribution is -2.42. The molecule has 1 unspecified atom stereocenters. The molecule has 1 amide bonds. The second-order valence-electron chi connectivity index (χ2n) is 7.41. The van der Waals surface area contributed by atoms with Crippen molar-refractivity contribution in [1.29, 1.82) is 0 Å².